The molecular formula is C21H28N4O3S. The number of oxazole rings is 1. The zero-order valence-electron chi connectivity index (χ0n) is 17.1. The second kappa shape index (κ2) is 7.72. The summed E-state index contributed by atoms with van der Waals surface area (Å²) < 4.78 is 11.3. The molecule has 0 aromatic carbocycles. The van der Waals surface area contributed by atoms with Gasteiger partial charge in [-0.1, -0.05) is 13.8 Å². The lowest BCUT2D eigenvalue weighted by molar-refractivity contribution is -0.137. The SMILES string of the molecule is CC(C)c1nc2c(o1)CCN(C(=O)C1CCc3sc(N4CCOCC4)nc3C1)C2. The van der Waals surface area contributed by atoms with Crippen LogP contribution in [0, 0.1) is 5.92 Å². The van der Waals surface area contributed by atoms with Gasteiger partial charge >= 0.3 is 0 Å². The normalized spacial score (nSPS) is 22.0. The van der Waals surface area contributed by atoms with Crippen molar-refractivity contribution in [3.8, 4) is 0 Å². The van der Waals surface area contributed by atoms with Gasteiger partial charge in [-0.15, -0.1) is 11.3 Å². The molecule has 4 heterocycles. The van der Waals surface area contributed by atoms with Crippen LogP contribution in [0.3, 0.4) is 0 Å². The Kier molecular flexibility index (Phi) is 5.07. The van der Waals surface area contributed by atoms with Crippen LogP contribution in [0.5, 0.6) is 0 Å². The number of nitrogens with zero attached hydrogens (tertiary/aromatic N) is 4. The zero-order chi connectivity index (χ0) is 20.0. The Morgan fingerprint density at radius 2 is 1.97 bits per heavy atom. The van der Waals surface area contributed by atoms with E-state index in [0.717, 1.165) is 86.7 Å². The molecule has 0 N–H and O–H groups in total. The monoisotopic (exact) mass is 416 g/mol. The van der Waals surface area contributed by atoms with E-state index in [-0.39, 0.29) is 17.7 Å². The number of aryl methyl sites for hydroxylation is 1. The van der Waals surface area contributed by atoms with Crippen molar-refractivity contribution in [2.24, 2.45) is 5.92 Å². The number of hydrogen-bond acceptors (Lipinski definition) is 7. The van der Waals surface area contributed by atoms with Gasteiger partial charge in [-0.05, 0) is 12.8 Å². The second-order valence-electron chi connectivity index (χ2n) is 8.49. The van der Waals surface area contributed by atoms with E-state index in [0.29, 0.717) is 6.54 Å². The quantitative estimate of drug-likeness (QED) is 0.766. The molecule has 29 heavy (non-hydrogen) atoms. The van der Waals surface area contributed by atoms with Crippen LogP contribution in [0.25, 0.3) is 0 Å². The van der Waals surface area contributed by atoms with Crippen molar-refractivity contribution in [2.45, 2.75) is 52.0 Å². The Morgan fingerprint density at radius 1 is 1.14 bits per heavy atom. The smallest absolute Gasteiger partial charge is 0.226 e. The van der Waals surface area contributed by atoms with Gasteiger partial charge in [0.05, 0.1) is 25.5 Å². The standard InChI is InChI=1S/C21H28N4O3S/c1-13(2)19-22-16-12-25(6-5-17(16)28-19)20(26)14-3-4-18-15(11-14)23-21(29-18)24-7-9-27-10-8-24/h13-14H,3-12H2,1-2H3. The highest BCUT2D eigenvalue weighted by molar-refractivity contribution is 7.15. The molecule has 7 nitrogen and oxygen atoms in total. The third kappa shape index (κ3) is 3.68. The number of carbonyl (C=O) groups excluding carboxylic acids is 1. The maximum atomic E-state index is 13.2. The molecule has 0 saturated carbocycles. The lowest BCUT2D eigenvalue weighted by Gasteiger charge is -2.30. The molecule has 0 bridgehead atoms. The van der Waals surface area contributed by atoms with Crippen molar-refractivity contribution in [2.75, 3.05) is 37.7 Å². The van der Waals surface area contributed by atoms with E-state index in [1.54, 1.807) is 11.3 Å². The summed E-state index contributed by atoms with van der Waals surface area (Å²) in [6, 6.07) is 0. The topological polar surface area (TPSA) is 71.7 Å². The molecule has 1 atom stereocenters. The summed E-state index contributed by atoms with van der Waals surface area (Å²) in [5.41, 5.74) is 2.07. The summed E-state index contributed by atoms with van der Waals surface area (Å²) in [6.07, 6.45) is 3.38. The van der Waals surface area contributed by atoms with Gasteiger partial charge in [0.1, 0.15) is 11.5 Å². The summed E-state index contributed by atoms with van der Waals surface area (Å²) in [6.45, 7) is 8.80. The molecule has 0 radical (unpaired) electrons. The third-order valence-corrected chi connectivity index (χ3v) is 7.33. The summed E-state index contributed by atoms with van der Waals surface area (Å²) >= 11 is 1.80. The predicted octanol–water partition coefficient (Wildman–Crippen LogP) is 2.78. The molecule has 1 fully saturated rings. The summed E-state index contributed by atoms with van der Waals surface area (Å²) in [5, 5.41) is 1.10. The third-order valence-electron chi connectivity index (χ3n) is 6.11. The van der Waals surface area contributed by atoms with Crippen molar-refractivity contribution < 1.29 is 13.9 Å². The first-order valence-corrected chi connectivity index (χ1v) is 11.5. The van der Waals surface area contributed by atoms with Crippen LogP contribution in [-0.2, 0) is 35.3 Å². The predicted molar refractivity (Wildman–Crippen MR) is 110 cm³/mol. The van der Waals surface area contributed by atoms with E-state index in [1.165, 1.54) is 4.88 Å². The number of fused-ring (bicyclic) bond motifs is 2. The lowest BCUT2D eigenvalue weighted by atomic mass is 9.89. The van der Waals surface area contributed by atoms with Gasteiger partial charge in [0, 0.05) is 49.2 Å². The first-order valence-electron chi connectivity index (χ1n) is 10.7. The second-order valence-corrected chi connectivity index (χ2v) is 9.55. The molecular weight excluding hydrogens is 388 g/mol. The molecule has 2 aliphatic heterocycles. The number of anilines is 1. The maximum Gasteiger partial charge on any atom is 0.226 e. The fourth-order valence-electron chi connectivity index (χ4n) is 4.38. The van der Waals surface area contributed by atoms with Crippen LogP contribution in [0.15, 0.2) is 4.42 Å². The summed E-state index contributed by atoms with van der Waals surface area (Å²) in [4.78, 5) is 28.4. The highest BCUT2D eigenvalue weighted by atomic mass is 32.1. The Hall–Kier alpha value is -1.93. The number of amides is 1. The van der Waals surface area contributed by atoms with Gasteiger partial charge < -0.3 is 19.0 Å². The Morgan fingerprint density at radius 3 is 2.76 bits per heavy atom. The van der Waals surface area contributed by atoms with Crippen LogP contribution >= 0.6 is 11.3 Å². The Labute approximate surface area is 175 Å². The van der Waals surface area contributed by atoms with E-state index in [9.17, 15) is 4.79 Å². The van der Waals surface area contributed by atoms with E-state index in [1.807, 2.05) is 4.90 Å². The van der Waals surface area contributed by atoms with Gasteiger partial charge in [0.25, 0.3) is 0 Å². The highest BCUT2D eigenvalue weighted by Gasteiger charge is 2.34. The van der Waals surface area contributed by atoms with Crippen LogP contribution in [-0.4, -0.2) is 53.6 Å². The van der Waals surface area contributed by atoms with Crippen molar-refractivity contribution in [3.05, 3.63) is 27.9 Å². The molecule has 1 unspecified atom stereocenters. The molecule has 8 heteroatoms. The number of ether oxygens (including phenoxy) is 1. The molecule has 0 spiro atoms. The van der Waals surface area contributed by atoms with Gasteiger partial charge in [0.15, 0.2) is 11.0 Å². The molecule has 2 aromatic rings. The van der Waals surface area contributed by atoms with Crippen molar-refractivity contribution in [3.63, 3.8) is 0 Å². The molecule has 156 valence electrons. The van der Waals surface area contributed by atoms with Crippen molar-refractivity contribution >= 4 is 22.4 Å². The highest BCUT2D eigenvalue weighted by Crippen LogP contribution is 2.35. The van der Waals surface area contributed by atoms with Crippen molar-refractivity contribution in [1.82, 2.24) is 14.9 Å². The van der Waals surface area contributed by atoms with Gasteiger partial charge in [0.2, 0.25) is 5.91 Å². The van der Waals surface area contributed by atoms with E-state index in [2.05, 4.69) is 23.7 Å². The average molecular weight is 417 g/mol. The van der Waals surface area contributed by atoms with E-state index in [4.69, 9.17) is 14.1 Å². The molecule has 1 amide bonds. The first-order chi connectivity index (χ1) is 14.1. The first kappa shape index (κ1) is 19.1. The van der Waals surface area contributed by atoms with E-state index >= 15 is 0 Å². The zero-order valence-corrected chi connectivity index (χ0v) is 18.0. The fraction of sp³-hybridized carbons (Fsp3) is 0.667. The molecule has 1 saturated heterocycles. The molecule has 3 aliphatic rings. The van der Waals surface area contributed by atoms with Crippen LogP contribution < -0.4 is 4.90 Å². The number of rotatable bonds is 3. The fourth-order valence-corrected chi connectivity index (χ4v) is 5.53. The minimum atomic E-state index is 0.0279. The van der Waals surface area contributed by atoms with Crippen LogP contribution in [0.1, 0.15) is 54.1 Å². The van der Waals surface area contributed by atoms with Gasteiger partial charge in [-0.2, -0.15) is 0 Å². The largest absolute Gasteiger partial charge is 0.445 e. The van der Waals surface area contributed by atoms with Crippen molar-refractivity contribution in [1.29, 1.82) is 0 Å². The average Bonchev–Trinajstić information content (AvgIpc) is 3.37. The summed E-state index contributed by atoms with van der Waals surface area (Å²) in [7, 11) is 0. The lowest BCUT2D eigenvalue weighted by Crippen LogP contribution is -2.41. The van der Waals surface area contributed by atoms with Gasteiger partial charge in [-0.3, -0.25) is 4.79 Å². The van der Waals surface area contributed by atoms with Crippen LogP contribution in [0.2, 0.25) is 0 Å². The Bertz CT molecular complexity index is 900. The Balaban J connectivity index is 1.26. The number of hydrogen-bond donors (Lipinski definition) is 0. The number of aromatic nitrogens is 2. The van der Waals surface area contributed by atoms with E-state index < -0.39 is 0 Å². The van der Waals surface area contributed by atoms with Crippen LogP contribution in [0.4, 0.5) is 5.13 Å². The maximum absolute atomic E-state index is 13.2. The van der Waals surface area contributed by atoms with Gasteiger partial charge in [-0.25, -0.2) is 9.97 Å². The minimum Gasteiger partial charge on any atom is -0.445 e. The number of thiazole rings is 1. The number of carbonyl (C=O) groups is 1. The minimum absolute atomic E-state index is 0.0279. The number of morpholine rings is 1. The molecule has 5 rings (SSSR count). The summed E-state index contributed by atoms with van der Waals surface area (Å²) in [5.74, 6) is 2.28. The molecule has 1 aliphatic carbocycles. The molecule has 2 aromatic heterocycles.